The maximum absolute atomic E-state index is 14.0. The number of anilines is 1. The molecule has 1 N–H and O–H groups in total. The van der Waals surface area contributed by atoms with E-state index in [1.165, 1.54) is 4.90 Å². The molecule has 3 aromatic carbocycles. The van der Waals surface area contributed by atoms with E-state index in [4.69, 9.17) is 0 Å². The highest BCUT2D eigenvalue weighted by molar-refractivity contribution is 7.92. The van der Waals surface area contributed by atoms with Crippen LogP contribution in [0.5, 0.6) is 0 Å². The van der Waals surface area contributed by atoms with E-state index < -0.39 is 28.5 Å². The van der Waals surface area contributed by atoms with Gasteiger partial charge < -0.3 is 10.2 Å². The highest BCUT2D eigenvalue weighted by atomic mass is 32.2. The second-order valence-electron chi connectivity index (χ2n) is 9.99. The largest absolute Gasteiger partial charge is 0.352 e. The summed E-state index contributed by atoms with van der Waals surface area (Å²) in [5.41, 5.74) is 3.94. The number of nitrogens with zero attached hydrogens (tertiary/aromatic N) is 2. The molecular formula is C30H37N3O4S. The first-order chi connectivity index (χ1) is 17.9. The number of carbonyl (C=O) groups is 2. The summed E-state index contributed by atoms with van der Waals surface area (Å²) in [6.45, 7) is 7.24. The van der Waals surface area contributed by atoms with Gasteiger partial charge in [-0.2, -0.15) is 0 Å². The van der Waals surface area contributed by atoms with Gasteiger partial charge in [0.05, 0.1) is 11.9 Å². The lowest BCUT2D eigenvalue weighted by Gasteiger charge is -2.34. The Kier molecular flexibility index (Phi) is 9.69. The summed E-state index contributed by atoms with van der Waals surface area (Å²) in [6.07, 6.45) is 1.38. The number of amides is 2. The lowest BCUT2D eigenvalue weighted by atomic mass is 10.0. The number of aryl methyl sites for hydroxylation is 2. The van der Waals surface area contributed by atoms with Gasteiger partial charge in [-0.3, -0.25) is 13.9 Å². The maximum atomic E-state index is 14.0. The molecule has 3 rings (SSSR count). The molecule has 0 radical (unpaired) electrons. The van der Waals surface area contributed by atoms with Gasteiger partial charge in [-0.1, -0.05) is 66.7 Å². The molecule has 2 amide bonds. The highest BCUT2D eigenvalue weighted by Gasteiger charge is 2.33. The molecular weight excluding hydrogens is 498 g/mol. The van der Waals surface area contributed by atoms with Crippen LogP contribution in [0.3, 0.4) is 0 Å². The van der Waals surface area contributed by atoms with Crippen molar-refractivity contribution in [1.82, 2.24) is 10.2 Å². The SMILES string of the molecule is Cc1cc(C)cc(N(CC(=O)N(Cc2ccccc2)[C@H](Cc2ccccc2)C(=O)NC(C)C)S(C)(=O)=O)c1. The quantitative estimate of drug-likeness (QED) is 0.398. The minimum absolute atomic E-state index is 0.128. The first kappa shape index (κ1) is 28.9. The van der Waals surface area contributed by atoms with E-state index in [0.29, 0.717) is 12.1 Å². The summed E-state index contributed by atoms with van der Waals surface area (Å²) < 4.78 is 26.9. The smallest absolute Gasteiger partial charge is 0.244 e. The molecule has 3 aromatic rings. The number of nitrogens with one attached hydrogen (secondary N) is 1. The van der Waals surface area contributed by atoms with Crippen LogP contribution in [0.2, 0.25) is 0 Å². The van der Waals surface area contributed by atoms with E-state index >= 15 is 0 Å². The fourth-order valence-electron chi connectivity index (χ4n) is 4.42. The molecule has 7 nitrogen and oxygen atoms in total. The fraction of sp³-hybridized carbons (Fsp3) is 0.333. The summed E-state index contributed by atoms with van der Waals surface area (Å²) >= 11 is 0. The second-order valence-corrected chi connectivity index (χ2v) is 11.9. The van der Waals surface area contributed by atoms with Crippen LogP contribution in [-0.4, -0.2) is 50.0 Å². The van der Waals surface area contributed by atoms with Crippen molar-refractivity contribution in [3.05, 3.63) is 101 Å². The van der Waals surface area contributed by atoms with Crippen LogP contribution in [0.25, 0.3) is 0 Å². The standard InChI is InChI=1S/C30H37N3O4S/c1-22(2)31-30(35)28(19-25-12-8-6-9-13-25)32(20-26-14-10-7-11-15-26)29(34)21-33(38(5,36)37)27-17-23(3)16-24(4)18-27/h6-18,22,28H,19-21H2,1-5H3,(H,31,35)/t28-/m1/s1. The number of sulfonamides is 1. The van der Waals surface area contributed by atoms with Gasteiger partial charge in [0.25, 0.3) is 0 Å². The molecule has 0 aromatic heterocycles. The van der Waals surface area contributed by atoms with Crippen LogP contribution in [0.15, 0.2) is 78.9 Å². The molecule has 202 valence electrons. The molecule has 0 aliphatic heterocycles. The monoisotopic (exact) mass is 535 g/mol. The Bertz CT molecular complexity index is 1320. The molecule has 0 saturated heterocycles. The summed E-state index contributed by atoms with van der Waals surface area (Å²) in [5, 5.41) is 2.95. The van der Waals surface area contributed by atoms with E-state index in [-0.39, 0.29) is 18.5 Å². The Balaban J connectivity index is 2.05. The number of rotatable bonds is 11. The Labute approximate surface area is 226 Å². The van der Waals surface area contributed by atoms with Crippen molar-refractivity contribution >= 4 is 27.5 Å². The second kappa shape index (κ2) is 12.7. The minimum atomic E-state index is -3.79. The highest BCUT2D eigenvalue weighted by Crippen LogP contribution is 2.23. The Morgan fingerprint density at radius 3 is 1.87 bits per heavy atom. The molecule has 38 heavy (non-hydrogen) atoms. The molecule has 0 spiro atoms. The average molecular weight is 536 g/mol. The first-order valence-corrected chi connectivity index (χ1v) is 14.5. The van der Waals surface area contributed by atoms with Crippen LogP contribution in [0.4, 0.5) is 5.69 Å². The van der Waals surface area contributed by atoms with E-state index in [9.17, 15) is 18.0 Å². The summed E-state index contributed by atoms with van der Waals surface area (Å²) in [6, 6.07) is 23.4. The third-order valence-electron chi connectivity index (χ3n) is 6.07. The Morgan fingerprint density at radius 2 is 1.37 bits per heavy atom. The van der Waals surface area contributed by atoms with Gasteiger partial charge >= 0.3 is 0 Å². The predicted octanol–water partition coefficient (Wildman–Crippen LogP) is 4.23. The third kappa shape index (κ3) is 8.18. The van der Waals surface area contributed by atoms with Crippen molar-refractivity contribution in [3.63, 3.8) is 0 Å². The van der Waals surface area contributed by atoms with E-state index in [0.717, 1.165) is 32.8 Å². The van der Waals surface area contributed by atoms with Gasteiger partial charge in [-0.15, -0.1) is 0 Å². The molecule has 0 unspecified atom stereocenters. The van der Waals surface area contributed by atoms with E-state index in [1.54, 1.807) is 12.1 Å². The number of hydrogen-bond donors (Lipinski definition) is 1. The zero-order valence-corrected chi connectivity index (χ0v) is 23.5. The molecule has 1 atom stereocenters. The van der Waals surface area contributed by atoms with E-state index in [1.807, 2.05) is 94.4 Å². The van der Waals surface area contributed by atoms with Gasteiger partial charge in [0.1, 0.15) is 12.6 Å². The van der Waals surface area contributed by atoms with Crippen LogP contribution in [0.1, 0.15) is 36.1 Å². The minimum Gasteiger partial charge on any atom is -0.352 e. The Hall–Kier alpha value is -3.65. The van der Waals surface area contributed by atoms with Crippen molar-refractivity contribution < 1.29 is 18.0 Å². The van der Waals surface area contributed by atoms with E-state index in [2.05, 4.69) is 5.32 Å². The van der Waals surface area contributed by atoms with Crippen molar-refractivity contribution in [2.75, 3.05) is 17.1 Å². The molecule has 0 aliphatic carbocycles. The molecule has 0 bridgehead atoms. The van der Waals surface area contributed by atoms with Gasteiger partial charge in [0.2, 0.25) is 21.8 Å². The normalized spacial score (nSPS) is 12.2. The molecule has 0 saturated carbocycles. The lowest BCUT2D eigenvalue weighted by molar-refractivity contribution is -0.140. The van der Waals surface area contributed by atoms with Crippen molar-refractivity contribution in [2.45, 2.75) is 52.7 Å². The average Bonchev–Trinajstić information content (AvgIpc) is 2.84. The topological polar surface area (TPSA) is 86.8 Å². The van der Waals surface area contributed by atoms with Crippen molar-refractivity contribution in [1.29, 1.82) is 0 Å². The maximum Gasteiger partial charge on any atom is 0.244 e. The summed E-state index contributed by atoms with van der Waals surface area (Å²) in [4.78, 5) is 29.0. The van der Waals surface area contributed by atoms with Crippen LogP contribution in [0, 0.1) is 13.8 Å². The molecule has 0 aliphatic rings. The van der Waals surface area contributed by atoms with Crippen LogP contribution < -0.4 is 9.62 Å². The number of carbonyl (C=O) groups excluding carboxylic acids is 2. The Morgan fingerprint density at radius 1 is 0.842 bits per heavy atom. The van der Waals surface area contributed by atoms with Gasteiger partial charge in [-0.25, -0.2) is 8.42 Å². The molecule has 0 fully saturated rings. The van der Waals surface area contributed by atoms with Gasteiger partial charge in [-0.05, 0) is 62.1 Å². The zero-order chi connectivity index (χ0) is 27.9. The summed E-state index contributed by atoms with van der Waals surface area (Å²) in [7, 11) is -3.79. The lowest BCUT2D eigenvalue weighted by Crippen LogP contribution is -2.54. The van der Waals surface area contributed by atoms with Crippen molar-refractivity contribution in [2.24, 2.45) is 0 Å². The number of benzene rings is 3. The zero-order valence-electron chi connectivity index (χ0n) is 22.7. The van der Waals surface area contributed by atoms with Crippen LogP contribution >= 0.6 is 0 Å². The summed E-state index contributed by atoms with van der Waals surface area (Å²) in [5.74, 6) is -0.747. The molecule has 8 heteroatoms. The number of hydrogen-bond acceptors (Lipinski definition) is 4. The van der Waals surface area contributed by atoms with Crippen molar-refractivity contribution in [3.8, 4) is 0 Å². The molecule has 0 heterocycles. The first-order valence-electron chi connectivity index (χ1n) is 12.7. The fourth-order valence-corrected chi connectivity index (χ4v) is 5.26. The van der Waals surface area contributed by atoms with Gasteiger partial charge in [0, 0.05) is 19.0 Å². The predicted molar refractivity (Wildman–Crippen MR) is 152 cm³/mol. The van der Waals surface area contributed by atoms with Gasteiger partial charge in [0.15, 0.2) is 0 Å². The third-order valence-corrected chi connectivity index (χ3v) is 7.21. The van der Waals surface area contributed by atoms with Crippen LogP contribution in [-0.2, 0) is 32.6 Å².